The molecule has 3 aromatic carbocycles. The molecule has 1 aromatic heterocycles. The average Bonchev–Trinajstić information content (AvgIpc) is 3.16. The minimum absolute atomic E-state index is 0.0105. The van der Waals surface area contributed by atoms with E-state index in [2.05, 4.69) is 20.9 Å². The lowest BCUT2D eigenvalue weighted by Crippen LogP contribution is -2.59. The summed E-state index contributed by atoms with van der Waals surface area (Å²) in [5.41, 5.74) is 1.97. The number of aliphatic hydroxyl groups excluding tert-OH is 1. The first kappa shape index (κ1) is 44.0. The van der Waals surface area contributed by atoms with Crippen molar-refractivity contribution in [1.29, 1.82) is 0 Å². The predicted molar refractivity (Wildman–Crippen MR) is 220 cm³/mol. The third kappa shape index (κ3) is 13.5. The summed E-state index contributed by atoms with van der Waals surface area (Å²) in [6.45, 7) is 10.6. The number of carbonyl (C=O) groups excluding carboxylic acids is 3. The number of carboxylic acid groups (broad SMARTS) is 1. The van der Waals surface area contributed by atoms with E-state index >= 15 is 0 Å². The highest BCUT2D eigenvalue weighted by Crippen LogP contribution is 2.26. The second-order valence-corrected chi connectivity index (χ2v) is 16.6. The number of pyridine rings is 1. The van der Waals surface area contributed by atoms with Gasteiger partial charge in [0.1, 0.15) is 17.8 Å². The normalized spacial score (nSPS) is 14.2. The maximum atomic E-state index is 14.1. The van der Waals surface area contributed by atoms with Gasteiger partial charge in [0.05, 0.1) is 17.8 Å². The highest BCUT2D eigenvalue weighted by Gasteiger charge is 2.39. The van der Waals surface area contributed by atoms with Crippen molar-refractivity contribution in [3.63, 3.8) is 0 Å². The molecule has 0 aliphatic carbocycles. The van der Waals surface area contributed by atoms with Gasteiger partial charge in [-0.15, -0.1) is 0 Å². The summed E-state index contributed by atoms with van der Waals surface area (Å²) in [5.74, 6) is -0.959. The summed E-state index contributed by atoms with van der Waals surface area (Å²) in [6.07, 6.45) is -0.149. The van der Waals surface area contributed by atoms with Crippen LogP contribution in [0.25, 0.3) is 11.3 Å². The van der Waals surface area contributed by atoms with Crippen molar-refractivity contribution in [2.75, 3.05) is 13.7 Å². The molecule has 5 N–H and O–H groups in total. The van der Waals surface area contributed by atoms with Crippen LogP contribution >= 0.6 is 0 Å². The van der Waals surface area contributed by atoms with Crippen LogP contribution in [0.2, 0.25) is 0 Å². The zero-order valence-electron chi connectivity index (χ0n) is 33.9. The Kier molecular flexibility index (Phi) is 15.4. The minimum Gasteiger partial charge on any atom is -0.484 e. The van der Waals surface area contributed by atoms with Crippen molar-refractivity contribution in [2.45, 2.75) is 91.1 Å². The Morgan fingerprint density at radius 1 is 0.719 bits per heavy atom. The van der Waals surface area contributed by atoms with E-state index in [0.29, 0.717) is 12.2 Å². The van der Waals surface area contributed by atoms with Crippen molar-refractivity contribution in [3.05, 3.63) is 120 Å². The number of para-hydroxylation sites is 1. The third-order valence-electron chi connectivity index (χ3n) is 9.66. The number of aromatic nitrogens is 1. The van der Waals surface area contributed by atoms with Crippen LogP contribution < -0.4 is 20.7 Å². The molecule has 0 saturated carbocycles. The van der Waals surface area contributed by atoms with E-state index < -0.39 is 64.9 Å². The SMILES string of the molecule is CN(C(=O)O)[C@H](C(=O)N[C@@H](Cc1ccc(-c2ccccn2)cc1)C[C@H](O)[C@H](Cc1ccccc1)NC(=O)[C@@H](NC(=O)COc1ccccc1)C(C)(C)C)C(C)(C)C. The average molecular weight is 780 g/mol. The fourth-order valence-electron chi connectivity index (χ4n) is 6.78. The number of hydrogen-bond donors (Lipinski definition) is 5. The van der Waals surface area contributed by atoms with Gasteiger partial charge in [-0.2, -0.15) is 0 Å². The Labute approximate surface area is 336 Å². The van der Waals surface area contributed by atoms with Crippen molar-refractivity contribution < 1.29 is 34.1 Å². The van der Waals surface area contributed by atoms with E-state index in [1.807, 2.05) is 99.6 Å². The lowest BCUT2D eigenvalue weighted by molar-refractivity contribution is -0.133. The summed E-state index contributed by atoms with van der Waals surface area (Å²) in [7, 11) is 1.36. The summed E-state index contributed by atoms with van der Waals surface area (Å²) in [6, 6.07) is 28.2. The molecular weight excluding hydrogens is 723 g/mol. The number of ether oxygens (including phenoxy) is 1. The Morgan fingerprint density at radius 3 is 1.88 bits per heavy atom. The molecule has 0 saturated heterocycles. The topological polar surface area (TPSA) is 170 Å². The molecule has 4 rings (SSSR count). The molecule has 4 amide bonds. The molecule has 304 valence electrons. The zero-order chi connectivity index (χ0) is 41.8. The van der Waals surface area contributed by atoms with Crippen molar-refractivity contribution in [2.24, 2.45) is 10.8 Å². The number of carbonyl (C=O) groups is 4. The van der Waals surface area contributed by atoms with Gasteiger partial charge in [-0.1, -0.05) is 120 Å². The first-order valence-electron chi connectivity index (χ1n) is 19.2. The maximum absolute atomic E-state index is 14.1. The van der Waals surface area contributed by atoms with Gasteiger partial charge in [0.15, 0.2) is 6.61 Å². The molecule has 12 heteroatoms. The smallest absolute Gasteiger partial charge is 0.407 e. The molecule has 0 aliphatic heterocycles. The van der Waals surface area contributed by atoms with Gasteiger partial charge in [0.2, 0.25) is 11.8 Å². The van der Waals surface area contributed by atoms with Crippen LogP contribution in [-0.2, 0) is 27.2 Å². The number of amides is 4. The number of benzene rings is 3. The third-order valence-corrected chi connectivity index (χ3v) is 9.66. The van der Waals surface area contributed by atoms with E-state index in [0.717, 1.165) is 27.3 Å². The van der Waals surface area contributed by atoms with Gasteiger partial charge in [0.25, 0.3) is 5.91 Å². The Morgan fingerprint density at radius 2 is 1.32 bits per heavy atom. The number of hydrogen-bond acceptors (Lipinski definition) is 7. The van der Waals surface area contributed by atoms with Crippen LogP contribution in [0.5, 0.6) is 5.75 Å². The fourth-order valence-corrected chi connectivity index (χ4v) is 6.78. The summed E-state index contributed by atoms with van der Waals surface area (Å²) in [5, 5.41) is 30.8. The van der Waals surface area contributed by atoms with Gasteiger partial charge in [0, 0.05) is 24.8 Å². The van der Waals surface area contributed by atoms with E-state index in [1.165, 1.54) is 7.05 Å². The van der Waals surface area contributed by atoms with Crippen LogP contribution in [0.3, 0.4) is 0 Å². The van der Waals surface area contributed by atoms with Crippen molar-refractivity contribution in [3.8, 4) is 17.0 Å². The van der Waals surface area contributed by atoms with Gasteiger partial charge < -0.3 is 30.9 Å². The molecule has 4 aromatic rings. The second-order valence-electron chi connectivity index (χ2n) is 16.6. The van der Waals surface area contributed by atoms with Crippen LogP contribution in [0, 0.1) is 10.8 Å². The molecule has 12 nitrogen and oxygen atoms in total. The van der Waals surface area contributed by atoms with Crippen LogP contribution in [-0.4, -0.2) is 87.8 Å². The van der Waals surface area contributed by atoms with Gasteiger partial charge in [-0.05, 0) is 65.5 Å². The Hall–Kier alpha value is -5.75. The van der Waals surface area contributed by atoms with E-state index in [4.69, 9.17) is 4.74 Å². The first-order valence-corrected chi connectivity index (χ1v) is 19.2. The summed E-state index contributed by atoms with van der Waals surface area (Å²) >= 11 is 0. The van der Waals surface area contributed by atoms with Gasteiger partial charge in [-0.25, -0.2) is 4.79 Å². The van der Waals surface area contributed by atoms with Gasteiger partial charge in [-0.3, -0.25) is 24.3 Å². The van der Waals surface area contributed by atoms with Crippen LogP contribution in [0.4, 0.5) is 4.79 Å². The lowest BCUT2D eigenvalue weighted by Gasteiger charge is -2.37. The highest BCUT2D eigenvalue weighted by molar-refractivity contribution is 5.89. The number of likely N-dealkylation sites (N-methyl/N-ethyl adjacent to an activating group) is 1. The van der Waals surface area contributed by atoms with Crippen LogP contribution in [0.15, 0.2) is 109 Å². The minimum atomic E-state index is -1.25. The molecule has 0 spiro atoms. The molecule has 0 bridgehead atoms. The molecule has 0 fully saturated rings. The van der Waals surface area contributed by atoms with E-state index in [9.17, 15) is 29.4 Å². The zero-order valence-corrected chi connectivity index (χ0v) is 33.9. The predicted octanol–water partition coefficient (Wildman–Crippen LogP) is 5.89. The Bertz CT molecular complexity index is 1900. The summed E-state index contributed by atoms with van der Waals surface area (Å²) in [4.78, 5) is 58.7. The number of aliphatic hydroxyl groups is 1. The number of nitrogens with zero attached hydrogens (tertiary/aromatic N) is 2. The summed E-state index contributed by atoms with van der Waals surface area (Å²) < 4.78 is 5.62. The second kappa shape index (κ2) is 19.9. The highest BCUT2D eigenvalue weighted by atomic mass is 16.5. The monoisotopic (exact) mass is 779 g/mol. The molecule has 0 radical (unpaired) electrons. The van der Waals surface area contributed by atoms with E-state index in [-0.39, 0.29) is 19.4 Å². The number of rotatable bonds is 17. The largest absolute Gasteiger partial charge is 0.484 e. The molecule has 0 aliphatic rings. The standard InChI is InChI=1S/C45H57N5O7/c1-44(2,3)39(49-38(52)29-57-34-18-12-9-13-19-34)41(53)48-36(27-30-16-10-8-11-17-30)37(51)28-33(47-42(54)40(45(4,5)6)50(7)43(55)56)26-31-21-23-32(24-22-31)35-20-14-15-25-46-35/h8-25,33,36-37,39-40,51H,26-29H2,1-7H3,(H,47,54)(H,48,53)(H,49,52)(H,55,56)/t33-,36-,37-,39+,40+/m0/s1. The molecule has 57 heavy (non-hydrogen) atoms. The molecular formula is C45H57N5O7. The number of nitrogens with one attached hydrogen (secondary N) is 3. The van der Waals surface area contributed by atoms with E-state index in [1.54, 1.807) is 51.2 Å². The molecule has 0 unspecified atom stereocenters. The van der Waals surface area contributed by atoms with Crippen molar-refractivity contribution >= 4 is 23.8 Å². The molecule has 1 heterocycles. The lowest BCUT2D eigenvalue weighted by atomic mass is 9.84. The van der Waals surface area contributed by atoms with Crippen molar-refractivity contribution in [1.82, 2.24) is 25.8 Å². The maximum Gasteiger partial charge on any atom is 0.407 e. The molecule has 5 atom stereocenters. The fraction of sp³-hybridized carbons (Fsp3) is 0.400. The van der Waals surface area contributed by atoms with Gasteiger partial charge >= 0.3 is 6.09 Å². The first-order chi connectivity index (χ1) is 26.9. The van der Waals surface area contributed by atoms with Crippen LogP contribution in [0.1, 0.15) is 59.1 Å². The quantitative estimate of drug-likeness (QED) is 0.0884. The Balaban J connectivity index is 1.61.